The highest BCUT2D eigenvalue weighted by Gasteiger charge is 2.23. The maximum absolute atomic E-state index is 4.95. The third-order valence-electron chi connectivity index (χ3n) is 5.73. The molecule has 0 amide bonds. The molecule has 1 aromatic heterocycles. The lowest BCUT2D eigenvalue weighted by Gasteiger charge is -2.37. The predicted molar refractivity (Wildman–Crippen MR) is 131 cm³/mol. The topological polar surface area (TPSA) is 28.0 Å². The van der Waals surface area contributed by atoms with Crippen LogP contribution in [0.2, 0.25) is 0 Å². The van der Waals surface area contributed by atoms with Gasteiger partial charge in [0.2, 0.25) is 0 Å². The zero-order valence-corrected chi connectivity index (χ0v) is 19.3. The Morgan fingerprint density at radius 2 is 2.03 bits per heavy atom. The van der Waals surface area contributed by atoms with Crippen LogP contribution in [0.1, 0.15) is 52.8 Å². The van der Waals surface area contributed by atoms with Crippen LogP contribution in [0, 0.1) is 12.8 Å². The number of benzene rings is 1. The number of aryl methyl sites for hydroxylation is 2. The highest BCUT2D eigenvalue weighted by Crippen LogP contribution is 2.26. The van der Waals surface area contributed by atoms with E-state index in [2.05, 4.69) is 74.2 Å². The minimum absolute atomic E-state index is 0.671. The Hall–Kier alpha value is -2.30. The lowest BCUT2D eigenvalue weighted by atomic mass is 9.99. The molecule has 0 saturated carbocycles. The fourth-order valence-electron chi connectivity index (χ4n) is 4.18. The number of rotatable bonds is 7. The van der Waals surface area contributed by atoms with Crippen LogP contribution in [0.15, 0.2) is 52.5 Å². The molecule has 3 heterocycles. The number of amidine groups is 1. The quantitative estimate of drug-likeness (QED) is 0.515. The normalized spacial score (nSPS) is 17.7. The zero-order chi connectivity index (χ0) is 21.1. The summed E-state index contributed by atoms with van der Waals surface area (Å²) in [5.41, 5.74) is 6.14. The van der Waals surface area contributed by atoms with Gasteiger partial charge in [0.25, 0.3) is 0 Å². The first-order chi connectivity index (χ1) is 14.6. The van der Waals surface area contributed by atoms with E-state index in [1.54, 1.807) is 0 Å². The molecule has 0 aliphatic carbocycles. The van der Waals surface area contributed by atoms with Crippen LogP contribution in [0.5, 0.6) is 0 Å². The first-order valence-corrected chi connectivity index (χ1v) is 11.8. The standard InChI is InChI=1S/C26H31N3S/c1-5-7-8-9-21-13-20(17-29-15-18(3)16-29)10-11-22(21)26-27-14-23(28-26)25-12-19(4)24(6-2)30-25/h5,7-13,18H,6,14-17H2,1-4H3/b7-5-,9-8-. The Balaban J connectivity index is 1.60. The maximum Gasteiger partial charge on any atom is 0.155 e. The number of nitrogens with zero attached hydrogens (tertiary/aromatic N) is 3. The van der Waals surface area contributed by atoms with Crippen LogP contribution in [0.3, 0.4) is 0 Å². The summed E-state index contributed by atoms with van der Waals surface area (Å²) in [5, 5.41) is 0. The third-order valence-corrected chi connectivity index (χ3v) is 7.16. The van der Waals surface area contributed by atoms with Crippen molar-refractivity contribution in [2.75, 3.05) is 19.6 Å². The maximum atomic E-state index is 4.95. The summed E-state index contributed by atoms with van der Waals surface area (Å²) in [6, 6.07) is 9.02. The molecule has 0 atom stereocenters. The SMILES string of the molecule is C/C=C\C=C/c1cc(CN2CC(C)C2)ccc1C1=NCC(c2cc(C)c(CC)s2)=N1. The summed E-state index contributed by atoms with van der Waals surface area (Å²) >= 11 is 1.86. The Kier molecular flexibility index (Phi) is 6.45. The van der Waals surface area contributed by atoms with Gasteiger partial charge in [0.1, 0.15) is 0 Å². The van der Waals surface area contributed by atoms with Crippen LogP contribution in [-0.2, 0) is 13.0 Å². The zero-order valence-electron chi connectivity index (χ0n) is 18.5. The Labute approximate surface area is 184 Å². The van der Waals surface area contributed by atoms with Crippen LogP contribution >= 0.6 is 11.3 Å². The number of thiophene rings is 1. The Morgan fingerprint density at radius 1 is 1.20 bits per heavy atom. The van der Waals surface area contributed by atoms with Crippen LogP contribution in [0.4, 0.5) is 0 Å². The molecular weight excluding hydrogens is 386 g/mol. The molecule has 0 bridgehead atoms. The molecule has 2 aliphatic rings. The van der Waals surface area contributed by atoms with Gasteiger partial charge in [-0.05, 0) is 55.0 Å². The van der Waals surface area contributed by atoms with E-state index in [1.807, 2.05) is 18.3 Å². The van der Waals surface area contributed by atoms with E-state index < -0.39 is 0 Å². The van der Waals surface area contributed by atoms with E-state index in [4.69, 9.17) is 9.98 Å². The summed E-state index contributed by atoms with van der Waals surface area (Å²) < 4.78 is 0. The molecule has 1 saturated heterocycles. The number of allylic oxidation sites excluding steroid dienone is 3. The Bertz CT molecular complexity index is 1030. The predicted octanol–water partition coefficient (Wildman–Crippen LogP) is 5.91. The molecule has 30 heavy (non-hydrogen) atoms. The smallest absolute Gasteiger partial charge is 0.155 e. The van der Waals surface area contributed by atoms with Gasteiger partial charge >= 0.3 is 0 Å². The number of aliphatic imine (C=N–C) groups is 2. The van der Waals surface area contributed by atoms with Crippen molar-refractivity contribution in [2.24, 2.45) is 15.9 Å². The monoisotopic (exact) mass is 417 g/mol. The van der Waals surface area contributed by atoms with Gasteiger partial charge in [-0.2, -0.15) is 0 Å². The molecule has 4 heteroatoms. The largest absolute Gasteiger partial charge is 0.298 e. The van der Waals surface area contributed by atoms with Gasteiger partial charge in [-0.25, -0.2) is 4.99 Å². The second kappa shape index (κ2) is 9.23. The van der Waals surface area contributed by atoms with Crippen molar-refractivity contribution < 1.29 is 0 Å². The van der Waals surface area contributed by atoms with Crippen molar-refractivity contribution >= 4 is 29.0 Å². The lowest BCUT2D eigenvalue weighted by molar-refractivity contribution is 0.105. The molecule has 2 aromatic rings. The molecular formula is C26H31N3S. The first kappa shape index (κ1) is 21.0. The Morgan fingerprint density at radius 3 is 2.73 bits per heavy atom. The van der Waals surface area contributed by atoms with Crippen LogP contribution < -0.4 is 0 Å². The minimum Gasteiger partial charge on any atom is -0.298 e. The van der Waals surface area contributed by atoms with Gasteiger partial charge in [0.05, 0.1) is 17.1 Å². The van der Waals surface area contributed by atoms with Gasteiger partial charge in [-0.3, -0.25) is 9.89 Å². The lowest BCUT2D eigenvalue weighted by Crippen LogP contribution is -2.44. The van der Waals surface area contributed by atoms with Crippen LogP contribution in [-0.4, -0.2) is 36.1 Å². The van der Waals surface area contributed by atoms with Gasteiger partial charge in [0.15, 0.2) is 5.84 Å². The highest BCUT2D eigenvalue weighted by molar-refractivity contribution is 7.14. The van der Waals surface area contributed by atoms with Gasteiger partial charge < -0.3 is 0 Å². The molecule has 3 nitrogen and oxygen atoms in total. The summed E-state index contributed by atoms with van der Waals surface area (Å²) in [4.78, 5) is 15.0. The molecule has 0 radical (unpaired) electrons. The average Bonchev–Trinajstić information content (AvgIpc) is 3.34. The van der Waals surface area contributed by atoms with Gasteiger partial charge in [-0.15, -0.1) is 11.3 Å². The average molecular weight is 418 g/mol. The van der Waals surface area contributed by atoms with Crippen molar-refractivity contribution in [3.05, 3.63) is 74.5 Å². The van der Waals surface area contributed by atoms with Gasteiger partial charge in [0, 0.05) is 30.1 Å². The summed E-state index contributed by atoms with van der Waals surface area (Å²) in [5.74, 6) is 1.69. The molecule has 1 fully saturated rings. The number of hydrogen-bond donors (Lipinski definition) is 0. The first-order valence-electron chi connectivity index (χ1n) is 10.9. The summed E-state index contributed by atoms with van der Waals surface area (Å²) in [7, 11) is 0. The number of likely N-dealkylation sites (tertiary alicyclic amines) is 1. The molecule has 4 rings (SSSR count). The van der Waals surface area contributed by atoms with E-state index in [0.717, 1.165) is 36.0 Å². The second-order valence-electron chi connectivity index (χ2n) is 8.37. The molecule has 0 N–H and O–H groups in total. The molecule has 0 spiro atoms. The van der Waals surface area contributed by atoms with Crippen molar-refractivity contribution in [3.8, 4) is 0 Å². The van der Waals surface area contributed by atoms with Crippen molar-refractivity contribution in [3.63, 3.8) is 0 Å². The van der Waals surface area contributed by atoms with Crippen LogP contribution in [0.25, 0.3) is 6.08 Å². The van der Waals surface area contributed by atoms with E-state index in [0.29, 0.717) is 6.54 Å². The summed E-state index contributed by atoms with van der Waals surface area (Å²) in [6.07, 6.45) is 9.48. The fourth-order valence-corrected chi connectivity index (χ4v) is 5.27. The van der Waals surface area contributed by atoms with E-state index in [-0.39, 0.29) is 0 Å². The van der Waals surface area contributed by atoms with Crippen molar-refractivity contribution in [2.45, 2.75) is 40.7 Å². The van der Waals surface area contributed by atoms with E-state index >= 15 is 0 Å². The molecule has 2 aliphatic heterocycles. The fraction of sp³-hybridized carbons (Fsp3) is 0.385. The van der Waals surface area contributed by atoms with Crippen molar-refractivity contribution in [1.82, 2.24) is 4.90 Å². The van der Waals surface area contributed by atoms with E-state index in [9.17, 15) is 0 Å². The number of hydrogen-bond acceptors (Lipinski definition) is 4. The second-order valence-corrected chi connectivity index (χ2v) is 9.51. The highest BCUT2D eigenvalue weighted by atomic mass is 32.1. The van der Waals surface area contributed by atoms with Gasteiger partial charge in [-0.1, -0.05) is 50.3 Å². The van der Waals surface area contributed by atoms with E-state index in [1.165, 1.54) is 39.5 Å². The summed E-state index contributed by atoms with van der Waals surface area (Å²) in [6.45, 7) is 12.9. The minimum atomic E-state index is 0.671. The molecule has 156 valence electrons. The molecule has 1 aromatic carbocycles. The van der Waals surface area contributed by atoms with Crippen molar-refractivity contribution in [1.29, 1.82) is 0 Å². The molecule has 0 unspecified atom stereocenters. The third kappa shape index (κ3) is 4.55.